The summed E-state index contributed by atoms with van der Waals surface area (Å²) >= 11 is 0. The molecule has 3 aromatic rings. The molecule has 2 N–H and O–H groups in total. The van der Waals surface area contributed by atoms with E-state index < -0.39 is 17.6 Å². The van der Waals surface area contributed by atoms with Gasteiger partial charge in [0.2, 0.25) is 0 Å². The van der Waals surface area contributed by atoms with Crippen LogP contribution in [0.3, 0.4) is 0 Å². The summed E-state index contributed by atoms with van der Waals surface area (Å²) in [6.45, 7) is 4.31. The van der Waals surface area contributed by atoms with Gasteiger partial charge in [0.25, 0.3) is 5.91 Å². The number of amides is 1. The van der Waals surface area contributed by atoms with Gasteiger partial charge in [-0.05, 0) is 43.5 Å². The zero-order valence-corrected chi connectivity index (χ0v) is 15.7. The van der Waals surface area contributed by atoms with Crippen LogP contribution in [-0.4, -0.2) is 10.5 Å². The standard InChI is InChI=1S/C22H21F3N2O/c1-14-19(17-8-10-18(11-9-17)22(23,24)25)20(21(26)28)15(2)27(14)13-12-16-6-4-3-5-7-16/h3-11H,12-13H2,1-2H3,(H2,26,28). The normalized spacial score (nSPS) is 11.6. The highest BCUT2D eigenvalue weighted by molar-refractivity contribution is 6.02. The van der Waals surface area contributed by atoms with Crippen molar-refractivity contribution in [2.45, 2.75) is 33.0 Å². The Morgan fingerprint density at radius 1 is 0.964 bits per heavy atom. The van der Waals surface area contributed by atoms with Gasteiger partial charge in [-0.2, -0.15) is 13.2 Å². The van der Waals surface area contributed by atoms with Crippen LogP contribution in [0, 0.1) is 13.8 Å². The van der Waals surface area contributed by atoms with Crippen molar-refractivity contribution in [2.75, 3.05) is 0 Å². The quantitative estimate of drug-likeness (QED) is 0.649. The number of benzene rings is 2. The Bertz CT molecular complexity index is 987. The second-order valence-corrected chi connectivity index (χ2v) is 6.75. The Hall–Kier alpha value is -3.02. The summed E-state index contributed by atoms with van der Waals surface area (Å²) in [6, 6.07) is 14.8. The van der Waals surface area contributed by atoms with E-state index in [0.29, 0.717) is 23.2 Å². The molecular weight excluding hydrogens is 365 g/mol. The number of hydrogen-bond donors (Lipinski definition) is 1. The van der Waals surface area contributed by atoms with Gasteiger partial charge >= 0.3 is 6.18 Å². The number of aromatic nitrogens is 1. The van der Waals surface area contributed by atoms with Crippen LogP contribution < -0.4 is 5.73 Å². The Morgan fingerprint density at radius 3 is 2.11 bits per heavy atom. The number of primary amides is 1. The summed E-state index contributed by atoms with van der Waals surface area (Å²) in [7, 11) is 0. The molecule has 3 rings (SSSR count). The molecule has 1 aromatic heterocycles. The summed E-state index contributed by atoms with van der Waals surface area (Å²) in [5.41, 5.74) is 9.05. The molecular formula is C22H21F3N2O. The van der Waals surface area contributed by atoms with Gasteiger partial charge in [-0.15, -0.1) is 0 Å². The molecule has 0 saturated heterocycles. The van der Waals surface area contributed by atoms with Gasteiger partial charge < -0.3 is 10.3 Å². The van der Waals surface area contributed by atoms with E-state index in [-0.39, 0.29) is 0 Å². The van der Waals surface area contributed by atoms with Crippen LogP contribution >= 0.6 is 0 Å². The third-order valence-electron chi connectivity index (χ3n) is 5.00. The van der Waals surface area contributed by atoms with Gasteiger partial charge in [-0.25, -0.2) is 0 Å². The van der Waals surface area contributed by atoms with E-state index in [4.69, 9.17) is 5.73 Å². The smallest absolute Gasteiger partial charge is 0.366 e. The van der Waals surface area contributed by atoms with Crippen molar-refractivity contribution >= 4 is 5.91 Å². The number of nitrogens with zero attached hydrogens (tertiary/aromatic N) is 1. The van der Waals surface area contributed by atoms with E-state index in [2.05, 4.69) is 0 Å². The number of halogens is 3. The van der Waals surface area contributed by atoms with Gasteiger partial charge in [0, 0.05) is 23.5 Å². The van der Waals surface area contributed by atoms with Crippen molar-refractivity contribution in [3.63, 3.8) is 0 Å². The molecule has 0 bridgehead atoms. The fourth-order valence-electron chi connectivity index (χ4n) is 3.58. The lowest BCUT2D eigenvalue weighted by atomic mass is 9.99. The molecule has 0 radical (unpaired) electrons. The fraction of sp³-hybridized carbons (Fsp3) is 0.227. The van der Waals surface area contributed by atoms with Crippen molar-refractivity contribution in [1.29, 1.82) is 0 Å². The number of nitrogens with two attached hydrogens (primary N) is 1. The predicted octanol–water partition coefficient (Wildman–Crippen LogP) is 5.13. The monoisotopic (exact) mass is 386 g/mol. The summed E-state index contributed by atoms with van der Waals surface area (Å²) in [5, 5.41) is 0. The summed E-state index contributed by atoms with van der Waals surface area (Å²) in [6.07, 6.45) is -3.64. The van der Waals surface area contributed by atoms with Crippen molar-refractivity contribution < 1.29 is 18.0 Å². The predicted molar refractivity (Wildman–Crippen MR) is 103 cm³/mol. The summed E-state index contributed by atoms with van der Waals surface area (Å²) in [5.74, 6) is -0.589. The maximum atomic E-state index is 12.9. The van der Waals surface area contributed by atoms with Gasteiger partial charge in [0.15, 0.2) is 0 Å². The molecule has 146 valence electrons. The Balaban J connectivity index is 2.02. The lowest BCUT2D eigenvalue weighted by Crippen LogP contribution is -2.14. The van der Waals surface area contributed by atoms with E-state index in [1.807, 2.05) is 48.7 Å². The van der Waals surface area contributed by atoms with Crippen molar-refractivity contribution in [1.82, 2.24) is 4.57 Å². The minimum absolute atomic E-state index is 0.352. The van der Waals surface area contributed by atoms with Gasteiger partial charge in [-0.3, -0.25) is 4.79 Å². The molecule has 1 heterocycles. The molecule has 0 fully saturated rings. The molecule has 28 heavy (non-hydrogen) atoms. The highest BCUT2D eigenvalue weighted by atomic mass is 19.4. The molecule has 0 saturated carbocycles. The summed E-state index contributed by atoms with van der Waals surface area (Å²) in [4.78, 5) is 12.1. The second kappa shape index (κ2) is 7.54. The lowest BCUT2D eigenvalue weighted by Gasteiger charge is -2.11. The van der Waals surface area contributed by atoms with Crippen molar-refractivity contribution in [3.05, 3.63) is 82.7 Å². The first-order chi connectivity index (χ1) is 13.2. The molecule has 2 aromatic carbocycles. The topological polar surface area (TPSA) is 48.0 Å². The number of carbonyl (C=O) groups excluding carboxylic acids is 1. The molecule has 0 atom stereocenters. The van der Waals surface area contributed by atoms with Crippen LogP contribution in [0.25, 0.3) is 11.1 Å². The van der Waals surface area contributed by atoms with Crippen molar-refractivity contribution in [2.24, 2.45) is 5.73 Å². The molecule has 6 heteroatoms. The Labute approximate surface area is 161 Å². The first kappa shape index (κ1) is 19.7. The zero-order valence-electron chi connectivity index (χ0n) is 15.7. The second-order valence-electron chi connectivity index (χ2n) is 6.75. The van der Waals surface area contributed by atoms with Crippen LogP contribution in [0.15, 0.2) is 54.6 Å². The Morgan fingerprint density at radius 2 is 1.57 bits per heavy atom. The SMILES string of the molecule is Cc1c(C(N)=O)c(-c2ccc(C(F)(F)F)cc2)c(C)n1CCc1ccccc1. The molecule has 3 nitrogen and oxygen atoms in total. The highest BCUT2D eigenvalue weighted by Gasteiger charge is 2.30. The van der Waals surface area contributed by atoms with Gasteiger partial charge in [0.05, 0.1) is 11.1 Å². The van der Waals surface area contributed by atoms with Gasteiger partial charge in [0.1, 0.15) is 0 Å². The minimum Gasteiger partial charge on any atom is -0.366 e. The first-order valence-corrected chi connectivity index (χ1v) is 8.91. The number of rotatable bonds is 5. The first-order valence-electron chi connectivity index (χ1n) is 8.91. The van der Waals surface area contributed by atoms with E-state index in [0.717, 1.165) is 35.5 Å². The number of aryl methyl sites for hydroxylation is 1. The van der Waals surface area contributed by atoms with E-state index in [9.17, 15) is 18.0 Å². The molecule has 0 unspecified atom stereocenters. The van der Waals surface area contributed by atoms with Crippen LogP contribution in [0.5, 0.6) is 0 Å². The van der Waals surface area contributed by atoms with E-state index in [1.165, 1.54) is 12.1 Å². The lowest BCUT2D eigenvalue weighted by molar-refractivity contribution is -0.137. The summed E-state index contributed by atoms with van der Waals surface area (Å²) < 4.78 is 40.6. The third-order valence-corrected chi connectivity index (χ3v) is 5.00. The average Bonchev–Trinajstić information content (AvgIpc) is 2.90. The molecule has 0 aliphatic rings. The molecule has 1 amide bonds. The van der Waals surface area contributed by atoms with Crippen molar-refractivity contribution in [3.8, 4) is 11.1 Å². The fourth-order valence-corrected chi connectivity index (χ4v) is 3.58. The largest absolute Gasteiger partial charge is 0.416 e. The average molecular weight is 386 g/mol. The Kier molecular flexibility index (Phi) is 5.31. The number of alkyl halides is 3. The van der Waals surface area contributed by atoms with E-state index in [1.54, 1.807) is 0 Å². The number of carbonyl (C=O) groups is 1. The van der Waals surface area contributed by atoms with Gasteiger partial charge in [-0.1, -0.05) is 42.5 Å². The molecule has 0 aliphatic heterocycles. The molecule has 0 aliphatic carbocycles. The van der Waals surface area contributed by atoms with Crippen LogP contribution in [0.2, 0.25) is 0 Å². The van der Waals surface area contributed by atoms with Crippen LogP contribution in [0.1, 0.15) is 32.9 Å². The van der Waals surface area contributed by atoms with Crippen LogP contribution in [0.4, 0.5) is 13.2 Å². The minimum atomic E-state index is -4.41. The zero-order chi connectivity index (χ0) is 20.5. The maximum absolute atomic E-state index is 12.9. The van der Waals surface area contributed by atoms with E-state index >= 15 is 0 Å². The molecule has 0 spiro atoms. The number of hydrogen-bond acceptors (Lipinski definition) is 1. The highest BCUT2D eigenvalue weighted by Crippen LogP contribution is 2.35. The van der Waals surface area contributed by atoms with Crippen LogP contribution in [-0.2, 0) is 19.1 Å². The third kappa shape index (κ3) is 3.81. The maximum Gasteiger partial charge on any atom is 0.416 e.